The van der Waals surface area contributed by atoms with Crippen molar-refractivity contribution >= 4 is 11.3 Å². The molecule has 1 fully saturated rings. The molecule has 1 saturated heterocycles. The fraction of sp³-hybridized carbons (Fsp3) is 0.750. The summed E-state index contributed by atoms with van der Waals surface area (Å²) in [5.74, 6) is 0. The zero-order chi connectivity index (χ0) is 11.2. The molecule has 90 valence electrons. The summed E-state index contributed by atoms with van der Waals surface area (Å²) < 4.78 is 0. The zero-order valence-electron chi connectivity index (χ0n) is 9.91. The molecule has 0 aliphatic carbocycles. The van der Waals surface area contributed by atoms with Gasteiger partial charge in [-0.1, -0.05) is 6.92 Å². The Morgan fingerprint density at radius 1 is 1.56 bits per heavy atom. The van der Waals surface area contributed by atoms with Crippen LogP contribution in [0, 0.1) is 0 Å². The number of hydrogen-bond donors (Lipinski definition) is 2. The van der Waals surface area contributed by atoms with Crippen molar-refractivity contribution in [2.24, 2.45) is 0 Å². The van der Waals surface area contributed by atoms with Crippen LogP contribution in [0.1, 0.15) is 43.7 Å². The molecule has 0 radical (unpaired) electrons. The van der Waals surface area contributed by atoms with Crippen LogP contribution in [0.3, 0.4) is 0 Å². The molecule has 0 bridgehead atoms. The van der Waals surface area contributed by atoms with Crippen molar-refractivity contribution in [2.75, 3.05) is 13.1 Å². The third kappa shape index (κ3) is 3.27. The first-order chi connectivity index (χ1) is 7.90. The van der Waals surface area contributed by atoms with Gasteiger partial charge in [-0.2, -0.15) is 0 Å². The van der Waals surface area contributed by atoms with E-state index in [-0.39, 0.29) is 0 Å². The molecule has 1 aliphatic rings. The van der Waals surface area contributed by atoms with E-state index in [1.807, 2.05) is 6.20 Å². The lowest BCUT2D eigenvalue weighted by Gasteiger charge is -2.22. The van der Waals surface area contributed by atoms with Crippen LogP contribution in [0.4, 0.5) is 0 Å². The van der Waals surface area contributed by atoms with Crippen molar-refractivity contribution < 1.29 is 0 Å². The summed E-state index contributed by atoms with van der Waals surface area (Å²) in [5, 5.41) is 10.5. The molecular weight excluding hydrogens is 218 g/mol. The molecule has 2 rings (SSSR count). The van der Waals surface area contributed by atoms with Crippen molar-refractivity contribution in [3.63, 3.8) is 0 Å². The summed E-state index contributed by atoms with van der Waals surface area (Å²) in [6.07, 6.45) is 6.83. The second kappa shape index (κ2) is 6.33. The highest BCUT2D eigenvalue weighted by Gasteiger charge is 2.18. The molecule has 16 heavy (non-hydrogen) atoms. The van der Waals surface area contributed by atoms with Crippen molar-refractivity contribution in [1.82, 2.24) is 15.6 Å². The molecule has 2 unspecified atom stereocenters. The Morgan fingerprint density at radius 3 is 3.25 bits per heavy atom. The third-order valence-corrected chi connectivity index (χ3v) is 4.06. The van der Waals surface area contributed by atoms with Gasteiger partial charge in [0.2, 0.25) is 0 Å². The molecule has 2 atom stereocenters. The van der Waals surface area contributed by atoms with Gasteiger partial charge in [0.1, 0.15) is 5.01 Å². The summed E-state index contributed by atoms with van der Waals surface area (Å²) in [6, 6.07) is 1.10. The minimum atomic E-state index is 0.447. The maximum atomic E-state index is 4.42. The SMILES string of the molecule is CCC(NC1CCCNCC1)c1nccs1. The van der Waals surface area contributed by atoms with Gasteiger partial charge < -0.3 is 10.6 Å². The van der Waals surface area contributed by atoms with Gasteiger partial charge >= 0.3 is 0 Å². The molecule has 1 aromatic rings. The number of hydrogen-bond acceptors (Lipinski definition) is 4. The summed E-state index contributed by atoms with van der Waals surface area (Å²) in [6.45, 7) is 4.55. The van der Waals surface area contributed by atoms with E-state index in [2.05, 4.69) is 27.9 Å². The number of rotatable bonds is 4. The van der Waals surface area contributed by atoms with Crippen molar-refractivity contribution in [3.05, 3.63) is 16.6 Å². The number of aromatic nitrogens is 1. The Labute approximate surface area is 102 Å². The van der Waals surface area contributed by atoms with Crippen molar-refractivity contribution in [1.29, 1.82) is 0 Å². The number of nitrogens with one attached hydrogen (secondary N) is 2. The first-order valence-electron chi connectivity index (χ1n) is 6.26. The monoisotopic (exact) mass is 239 g/mol. The first-order valence-corrected chi connectivity index (χ1v) is 7.14. The highest BCUT2D eigenvalue weighted by molar-refractivity contribution is 7.09. The van der Waals surface area contributed by atoms with Crippen LogP contribution >= 0.6 is 11.3 Å². The topological polar surface area (TPSA) is 37.0 Å². The summed E-state index contributed by atoms with van der Waals surface area (Å²) in [7, 11) is 0. The van der Waals surface area contributed by atoms with Crippen molar-refractivity contribution in [2.45, 2.75) is 44.7 Å². The molecule has 4 heteroatoms. The fourth-order valence-electron chi connectivity index (χ4n) is 2.24. The lowest BCUT2D eigenvalue weighted by atomic mass is 10.1. The third-order valence-electron chi connectivity index (χ3n) is 3.17. The Balaban J connectivity index is 1.90. The van der Waals surface area contributed by atoms with Crippen molar-refractivity contribution in [3.8, 4) is 0 Å². The quantitative estimate of drug-likeness (QED) is 0.846. The van der Waals surface area contributed by atoms with Gasteiger partial charge in [0.25, 0.3) is 0 Å². The molecule has 2 heterocycles. The summed E-state index contributed by atoms with van der Waals surface area (Å²) in [5.41, 5.74) is 0. The number of nitrogens with zero attached hydrogens (tertiary/aromatic N) is 1. The van der Waals surface area contributed by atoms with Gasteiger partial charge in [-0.25, -0.2) is 4.98 Å². The van der Waals surface area contributed by atoms with Gasteiger partial charge in [-0.05, 0) is 38.8 Å². The molecule has 0 spiro atoms. The average Bonchev–Trinajstić information content (AvgIpc) is 2.71. The summed E-state index contributed by atoms with van der Waals surface area (Å²) in [4.78, 5) is 4.42. The van der Waals surface area contributed by atoms with Crippen LogP contribution in [0.25, 0.3) is 0 Å². The maximum Gasteiger partial charge on any atom is 0.109 e. The molecule has 0 saturated carbocycles. The average molecular weight is 239 g/mol. The lowest BCUT2D eigenvalue weighted by Crippen LogP contribution is -2.33. The van der Waals surface area contributed by atoms with Crippen LogP contribution in [0.15, 0.2) is 11.6 Å². The van der Waals surface area contributed by atoms with Crippen LogP contribution in [-0.2, 0) is 0 Å². The second-order valence-corrected chi connectivity index (χ2v) is 5.30. The highest BCUT2D eigenvalue weighted by atomic mass is 32.1. The highest BCUT2D eigenvalue weighted by Crippen LogP contribution is 2.21. The van der Waals surface area contributed by atoms with Crippen LogP contribution in [0.2, 0.25) is 0 Å². The standard InChI is InChI=1S/C12H21N3S/c1-2-11(12-14-8-9-16-12)15-10-4-3-6-13-7-5-10/h8-11,13,15H,2-7H2,1H3. The first kappa shape index (κ1) is 12.0. The maximum absolute atomic E-state index is 4.42. The van der Waals surface area contributed by atoms with E-state index < -0.39 is 0 Å². The molecule has 0 amide bonds. The van der Waals surface area contributed by atoms with Crippen LogP contribution < -0.4 is 10.6 Å². The van der Waals surface area contributed by atoms with E-state index >= 15 is 0 Å². The van der Waals surface area contributed by atoms with Gasteiger partial charge in [0, 0.05) is 17.6 Å². The Kier molecular flexibility index (Phi) is 4.75. The Morgan fingerprint density at radius 2 is 2.50 bits per heavy atom. The second-order valence-electron chi connectivity index (χ2n) is 4.38. The summed E-state index contributed by atoms with van der Waals surface area (Å²) >= 11 is 1.76. The van der Waals surface area contributed by atoms with E-state index in [4.69, 9.17) is 0 Å². The smallest absolute Gasteiger partial charge is 0.109 e. The van der Waals surface area contributed by atoms with E-state index in [1.165, 1.54) is 30.8 Å². The molecular formula is C12H21N3S. The minimum absolute atomic E-state index is 0.447. The predicted octanol–water partition coefficient (Wildman–Crippen LogP) is 2.33. The van der Waals surface area contributed by atoms with E-state index in [0.717, 1.165) is 13.0 Å². The number of thiazole rings is 1. The molecule has 1 aromatic heterocycles. The van der Waals surface area contributed by atoms with Gasteiger partial charge in [-0.15, -0.1) is 11.3 Å². The lowest BCUT2D eigenvalue weighted by molar-refractivity contribution is 0.397. The van der Waals surface area contributed by atoms with Gasteiger partial charge in [-0.3, -0.25) is 0 Å². The van der Waals surface area contributed by atoms with Crippen LogP contribution in [-0.4, -0.2) is 24.1 Å². The van der Waals surface area contributed by atoms with Crippen LogP contribution in [0.5, 0.6) is 0 Å². The van der Waals surface area contributed by atoms with Gasteiger partial charge in [0.05, 0.1) is 6.04 Å². The normalized spacial score (nSPS) is 23.9. The molecule has 3 nitrogen and oxygen atoms in total. The van der Waals surface area contributed by atoms with Gasteiger partial charge in [0.15, 0.2) is 0 Å². The fourth-order valence-corrected chi connectivity index (χ4v) is 3.02. The van der Waals surface area contributed by atoms with E-state index in [0.29, 0.717) is 12.1 Å². The Hall–Kier alpha value is -0.450. The molecule has 0 aromatic carbocycles. The van der Waals surface area contributed by atoms with E-state index in [1.54, 1.807) is 11.3 Å². The molecule has 1 aliphatic heterocycles. The molecule has 2 N–H and O–H groups in total. The predicted molar refractivity (Wildman–Crippen MR) is 68.8 cm³/mol. The minimum Gasteiger partial charge on any atom is -0.317 e. The zero-order valence-corrected chi connectivity index (χ0v) is 10.7. The Bertz CT molecular complexity index is 278. The largest absolute Gasteiger partial charge is 0.317 e. The van der Waals surface area contributed by atoms with E-state index in [9.17, 15) is 0 Å².